The lowest BCUT2D eigenvalue weighted by Gasteiger charge is -2.17. The summed E-state index contributed by atoms with van der Waals surface area (Å²) in [6.45, 7) is 2.80. The van der Waals surface area contributed by atoms with E-state index < -0.39 is 0 Å². The molecule has 1 saturated heterocycles. The predicted octanol–water partition coefficient (Wildman–Crippen LogP) is 3.50. The highest BCUT2D eigenvalue weighted by Crippen LogP contribution is 2.14. The smallest absolute Gasteiger partial charge is 0.321 e. The summed E-state index contributed by atoms with van der Waals surface area (Å²) in [4.78, 5) is 32.0. The maximum atomic E-state index is 12.3. The van der Waals surface area contributed by atoms with Crippen LogP contribution in [0.1, 0.15) is 34.3 Å². The number of hydrogen-bond acceptors (Lipinski definition) is 3. The van der Waals surface area contributed by atoms with E-state index in [1.165, 1.54) is 0 Å². The third-order valence-electron chi connectivity index (χ3n) is 5.32. The monoisotopic (exact) mass is 564 g/mol. The average molecular weight is 564 g/mol. The van der Waals surface area contributed by atoms with E-state index in [1.807, 2.05) is 53.4 Å². The van der Waals surface area contributed by atoms with Gasteiger partial charge >= 0.3 is 6.03 Å². The van der Waals surface area contributed by atoms with Gasteiger partial charge in [0.05, 0.1) is 0 Å². The van der Waals surface area contributed by atoms with Crippen LogP contribution in [0.2, 0.25) is 0 Å². The molecule has 3 rings (SSSR count). The largest absolute Gasteiger partial charge is 0.352 e. The van der Waals surface area contributed by atoms with E-state index in [1.54, 1.807) is 26.0 Å². The van der Waals surface area contributed by atoms with Crippen molar-refractivity contribution in [1.82, 2.24) is 20.4 Å². The van der Waals surface area contributed by atoms with Crippen molar-refractivity contribution in [3.05, 3.63) is 65.2 Å². The van der Waals surface area contributed by atoms with Crippen molar-refractivity contribution >= 4 is 47.6 Å². The van der Waals surface area contributed by atoms with Crippen LogP contribution in [0.15, 0.2) is 53.5 Å². The molecule has 0 spiro atoms. The minimum atomic E-state index is -0.0385. The Morgan fingerprint density at radius 1 is 0.970 bits per heavy atom. The Morgan fingerprint density at radius 2 is 1.61 bits per heavy atom. The lowest BCUT2D eigenvalue weighted by atomic mass is 10.1. The molecule has 0 atom stereocenters. The molecule has 3 amide bonds. The molecule has 1 aliphatic heterocycles. The molecule has 0 aliphatic carbocycles. The molecule has 1 heterocycles. The lowest BCUT2D eigenvalue weighted by molar-refractivity contribution is 0.0827. The predicted molar refractivity (Wildman–Crippen MR) is 143 cm³/mol. The molecular formula is C24H33IN6O2. The SMILES string of the molecule is CN=C(NCc1ccc(C(=O)N(C)C)cc1)NCc1cccc(NC(=O)N2CCCC2)c1.I. The normalized spacial score (nSPS) is 13.2. The van der Waals surface area contributed by atoms with Crippen LogP contribution in [0.3, 0.4) is 0 Å². The van der Waals surface area contributed by atoms with E-state index in [4.69, 9.17) is 0 Å². The van der Waals surface area contributed by atoms with Crippen LogP contribution in [0.5, 0.6) is 0 Å². The molecule has 9 heteroatoms. The fourth-order valence-electron chi connectivity index (χ4n) is 3.50. The quantitative estimate of drug-likeness (QED) is 0.285. The number of nitrogens with one attached hydrogen (secondary N) is 3. The summed E-state index contributed by atoms with van der Waals surface area (Å²) in [7, 11) is 5.20. The van der Waals surface area contributed by atoms with Crippen LogP contribution >= 0.6 is 24.0 Å². The highest BCUT2D eigenvalue weighted by molar-refractivity contribution is 14.0. The number of anilines is 1. The first-order valence-electron chi connectivity index (χ1n) is 10.9. The minimum Gasteiger partial charge on any atom is -0.352 e. The highest BCUT2D eigenvalue weighted by Gasteiger charge is 2.17. The first kappa shape index (κ1) is 26.4. The summed E-state index contributed by atoms with van der Waals surface area (Å²) in [5.74, 6) is 0.658. The summed E-state index contributed by atoms with van der Waals surface area (Å²) in [5, 5.41) is 9.55. The third kappa shape index (κ3) is 7.92. The van der Waals surface area contributed by atoms with Crippen molar-refractivity contribution < 1.29 is 9.59 Å². The molecule has 33 heavy (non-hydrogen) atoms. The molecule has 178 valence electrons. The van der Waals surface area contributed by atoms with Gasteiger partial charge in [0.15, 0.2) is 5.96 Å². The van der Waals surface area contributed by atoms with Crippen molar-refractivity contribution in [3.63, 3.8) is 0 Å². The topological polar surface area (TPSA) is 89.1 Å². The van der Waals surface area contributed by atoms with Crippen molar-refractivity contribution in [2.75, 3.05) is 39.5 Å². The van der Waals surface area contributed by atoms with Gasteiger partial charge in [0, 0.05) is 58.6 Å². The number of guanidine groups is 1. The Balaban J connectivity index is 0.00000385. The Hall–Kier alpha value is -2.82. The van der Waals surface area contributed by atoms with Gasteiger partial charge in [0.25, 0.3) is 5.91 Å². The minimum absolute atomic E-state index is 0. The van der Waals surface area contributed by atoms with Crippen LogP contribution < -0.4 is 16.0 Å². The summed E-state index contributed by atoms with van der Waals surface area (Å²) < 4.78 is 0. The number of amides is 3. The molecule has 0 unspecified atom stereocenters. The third-order valence-corrected chi connectivity index (χ3v) is 5.32. The van der Waals surface area contributed by atoms with Gasteiger partial charge in [-0.25, -0.2) is 4.79 Å². The number of nitrogens with zero attached hydrogens (tertiary/aromatic N) is 3. The molecule has 3 N–H and O–H groups in total. The van der Waals surface area contributed by atoms with Crippen molar-refractivity contribution in [2.45, 2.75) is 25.9 Å². The van der Waals surface area contributed by atoms with Gasteiger partial charge < -0.3 is 25.8 Å². The number of carbonyl (C=O) groups excluding carboxylic acids is 2. The van der Waals surface area contributed by atoms with Crippen LogP contribution in [0.4, 0.5) is 10.5 Å². The molecule has 1 aliphatic rings. The van der Waals surface area contributed by atoms with Gasteiger partial charge in [-0.15, -0.1) is 24.0 Å². The van der Waals surface area contributed by atoms with Crippen LogP contribution in [-0.2, 0) is 13.1 Å². The summed E-state index contributed by atoms with van der Waals surface area (Å²) in [5.41, 5.74) is 3.54. The molecule has 0 saturated carbocycles. The highest BCUT2D eigenvalue weighted by atomic mass is 127. The first-order chi connectivity index (χ1) is 15.5. The fraction of sp³-hybridized carbons (Fsp3) is 0.375. The molecule has 2 aromatic rings. The van der Waals surface area contributed by atoms with Crippen molar-refractivity contribution in [2.24, 2.45) is 4.99 Å². The number of aliphatic imine (C=N–C) groups is 1. The first-order valence-corrected chi connectivity index (χ1v) is 10.9. The average Bonchev–Trinajstić information content (AvgIpc) is 3.34. The molecular weight excluding hydrogens is 531 g/mol. The number of rotatable bonds is 6. The second-order valence-corrected chi connectivity index (χ2v) is 8.00. The van der Waals surface area contributed by atoms with E-state index in [0.717, 1.165) is 42.7 Å². The molecule has 0 bridgehead atoms. The van der Waals surface area contributed by atoms with E-state index in [9.17, 15) is 9.59 Å². The summed E-state index contributed by atoms with van der Waals surface area (Å²) in [6.07, 6.45) is 2.14. The number of benzene rings is 2. The molecule has 8 nitrogen and oxygen atoms in total. The number of carbonyl (C=O) groups is 2. The fourth-order valence-corrected chi connectivity index (χ4v) is 3.50. The van der Waals surface area contributed by atoms with Gasteiger partial charge in [0.2, 0.25) is 0 Å². The summed E-state index contributed by atoms with van der Waals surface area (Å²) in [6, 6.07) is 15.3. The van der Waals surface area contributed by atoms with E-state index in [0.29, 0.717) is 24.6 Å². The van der Waals surface area contributed by atoms with Gasteiger partial charge in [-0.05, 0) is 48.2 Å². The maximum Gasteiger partial charge on any atom is 0.321 e. The zero-order valence-electron chi connectivity index (χ0n) is 19.4. The van der Waals surface area contributed by atoms with Crippen molar-refractivity contribution in [3.8, 4) is 0 Å². The number of urea groups is 1. The zero-order valence-corrected chi connectivity index (χ0v) is 21.8. The van der Waals surface area contributed by atoms with Gasteiger partial charge in [-0.1, -0.05) is 24.3 Å². The van der Waals surface area contributed by atoms with Crippen molar-refractivity contribution in [1.29, 1.82) is 0 Å². The van der Waals surface area contributed by atoms with Crippen LogP contribution in [0.25, 0.3) is 0 Å². The van der Waals surface area contributed by atoms with Gasteiger partial charge in [-0.3, -0.25) is 9.79 Å². The van der Waals surface area contributed by atoms with E-state index in [2.05, 4.69) is 20.9 Å². The number of halogens is 1. The summed E-state index contributed by atoms with van der Waals surface area (Å²) >= 11 is 0. The van der Waals surface area contributed by atoms with E-state index in [-0.39, 0.29) is 35.9 Å². The van der Waals surface area contributed by atoms with Gasteiger partial charge in [-0.2, -0.15) is 0 Å². The standard InChI is InChI=1S/C24H32N6O2.HI/c1-25-23(26-16-18-9-11-20(12-10-18)22(31)29(2)3)27-17-19-7-6-8-21(15-19)28-24(32)30-13-4-5-14-30;/h6-12,15H,4-5,13-14,16-17H2,1-3H3,(H,28,32)(H2,25,26,27);1H. The molecule has 1 fully saturated rings. The molecule has 0 aromatic heterocycles. The Morgan fingerprint density at radius 3 is 2.21 bits per heavy atom. The number of likely N-dealkylation sites (tertiary alicyclic amines) is 1. The molecule has 0 radical (unpaired) electrons. The Labute approximate surface area is 212 Å². The second-order valence-electron chi connectivity index (χ2n) is 8.00. The number of hydrogen-bond donors (Lipinski definition) is 3. The van der Waals surface area contributed by atoms with E-state index >= 15 is 0 Å². The van der Waals surface area contributed by atoms with Gasteiger partial charge in [0.1, 0.15) is 0 Å². The molecule has 2 aromatic carbocycles. The van der Waals surface area contributed by atoms with Crippen LogP contribution in [-0.4, -0.2) is 61.9 Å². The second kappa shape index (κ2) is 13.0. The Bertz CT molecular complexity index is 956. The van der Waals surface area contributed by atoms with Crippen LogP contribution in [0, 0.1) is 0 Å². The maximum absolute atomic E-state index is 12.3. The zero-order chi connectivity index (χ0) is 22.9. The Kier molecular flexibility index (Phi) is 10.4. The lowest BCUT2D eigenvalue weighted by Crippen LogP contribution is -2.36.